The number of nitrogens with zero attached hydrogens (tertiary/aromatic N) is 4. The number of hydrogen-bond acceptors (Lipinski definition) is 5. The third-order valence-corrected chi connectivity index (χ3v) is 6.21. The number of aromatic nitrogens is 3. The maximum absolute atomic E-state index is 12.3. The summed E-state index contributed by atoms with van der Waals surface area (Å²) in [5.74, 6) is 0.769. The fraction of sp³-hybridized carbons (Fsp3) is 0.400. The number of rotatable bonds is 8. The molecule has 7 nitrogen and oxygen atoms in total. The number of nitrogens with one attached hydrogen (secondary N) is 1. The van der Waals surface area contributed by atoms with E-state index in [0.29, 0.717) is 19.6 Å². The number of aryl methyl sites for hydroxylation is 2. The van der Waals surface area contributed by atoms with Crippen molar-refractivity contribution < 1.29 is 9.53 Å². The van der Waals surface area contributed by atoms with Crippen LogP contribution in [0.15, 0.2) is 42.7 Å². The molecule has 1 amide bonds. The molecule has 168 valence electrons. The molecule has 0 aliphatic carbocycles. The highest BCUT2D eigenvalue weighted by Gasteiger charge is 2.22. The Morgan fingerprint density at radius 3 is 2.75 bits per heavy atom. The van der Waals surface area contributed by atoms with Crippen LogP contribution in [0.25, 0.3) is 0 Å². The van der Waals surface area contributed by atoms with Crippen LogP contribution in [-0.4, -0.2) is 38.7 Å². The number of amides is 1. The summed E-state index contributed by atoms with van der Waals surface area (Å²) in [7, 11) is 1.98. The van der Waals surface area contributed by atoms with Crippen molar-refractivity contribution in [2.24, 2.45) is 7.05 Å². The van der Waals surface area contributed by atoms with Gasteiger partial charge in [0.1, 0.15) is 5.75 Å². The van der Waals surface area contributed by atoms with E-state index in [1.165, 1.54) is 22.4 Å². The number of ether oxygens (including phenoxy) is 1. The van der Waals surface area contributed by atoms with Crippen LogP contribution >= 0.6 is 0 Å². The van der Waals surface area contributed by atoms with Gasteiger partial charge < -0.3 is 10.1 Å². The van der Waals surface area contributed by atoms with Crippen LogP contribution in [0.4, 0.5) is 0 Å². The Morgan fingerprint density at radius 1 is 1.19 bits per heavy atom. The minimum absolute atomic E-state index is 0.0116. The molecule has 0 unspecified atom stereocenters. The van der Waals surface area contributed by atoms with Crippen molar-refractivity contribution in [3.8, 4) is 5.75 Å². The molecule has 3 heterocycles. The van der Waals surface area contributed by atoms with Crippen molar-refractivity contribution in [1.29, 1.82) is 0 Å². The Bertz CT molecular complexity index is 1080. The van der Waals surface area contributed by atoms with Gasteiger partial charge in [-0.05, 0) is 49.1 Å². The molecule has 1 N–H and O–H groups in total. The second-order valence-electron chi connectivity index (χ2n) is 8.35. The molecule has 0 radical (unpaired) electrons. The van der Waals surface area contributed by atoms with Crippen LogP contribution in [0.1, 0.15) is 40.1 Å². The van der Waals surface area contributed by atoms with Gasteiger partial charge in [-0.1, -0.05) is 18.2 Å². The fourth-order valence-electron chi connectivity index (χ4n) is 4.14. The van der Waals surface area contributed by atoms with Crippen molar-refractivity contribution in [3.63, 3.8) is 0 Å². The molecule has 1 aliphatic heterocycles. The lowest BCUT2D eigenvalue weighted by molar-refractivity contribution is -0.121. The third-order valence-electron chi connectivity index (χ3n) is 6.21. The number of carbonyl (C=O) groups excluding carboxylic acids is 1. The van der Waals surface area contributed by atoms with Gasteiger partial charge in [-0.15, -0.1) is 0 Å². The number of fused-ring (bicyclic) bond motifs is 1. The van der Waals surface area contributed by atoms with E-state index in [2.05, 4.69) is 27.2 Å². The highest BCUT2D eigenvalue weighted by molar-refractivity contribution is 5.76. The Morgan fingerprint density at radius 2 is 2.00 bits per heavy atom. The van der Waals surface area contributed by atoms with Gasteiger partial charge in [-0.3, -0.25) is 19.4 Å². The van der Waals surface area contributed by atoms with E-state index in [0.717, 1.165) is 43.1 Å². The first-order valence-corrected chi connectivity index (χ1v) is 11.1. The van der Waals surface area contributed by atoms with Gasteiger partial charge in [0.15, 0.2) is 0 Å². The minimum Gasteiger partial charge on any atom is -0.493 e. The van der Waals surface area contributed by atoms with Crippen LogP contribution in [0.3, 0.4) is 0 Å². The number of carbonyl (C=O) groups is 1. The lowest BCUT2D eigenvalue weighted by atomic mass is 9.94. The fourth-order valence-corrected chi connectivity index (χ4v) is 4.14. The average molecular weight is 434 g/mol. The SMILES string of the molecule is Cc1ncc2c(c1CNC(=O)CCOc1ccccc1)CCN(Cc1cnn(C)c1C)C2. The molecular formula is C25H31N5O2. The minimum atomic E-state index is -0.0116. The first kappa shape index (κ1) is 22.0. The summed E-state index contributed by atoms with van der Waals surface area (Å²) in [4.78, 5) is 19.4. The van der Waals surface area contributed by atoms with Gasteiger partial charge >= 0.3 is 0 Å². The lowest BCUT2D eigenvalue weighted by Gasteiger charge is -2.30. The van der Waals surface area contributed by atoms with Crippen molar-refractivity contribution in [2.75, 3.05) is 13.2 Å². The van der Waals surface area contributed by atoms with Crippen LogP contribution in [0.2, 0.25) is 0 Å². The maximum atomic E-state index is 12.3. The van der Waals surface area contributed by atoms with Gasteiger partial charge in [0.25, 0.3) is 0 Å². The Balaban J connectivity index is 1.33. The van der Waals surface area contributed by atoms with Crippen molar-refractivity contribution >= 4 is 5.91 Å². The number of pyridine rings is 1. The molecule has 1 aromatic carbocycles. The van der Waals surface area contributed by atoms with Gasteiger partial charge in [0.2, 0.25) is 5.91 Å². The average Bonchev–Trinajstić information content (AvgIpc) is 3.11. The molecule has 32 heavy (non-hydrogen) atoms. The third kappa shape index (κ3) is 5.16. The summed E-state index contributed by atoms with van der Waals surface area (Å²) >= 11 is 0. The number of benzene rings is 1. The van der Waals surface area contributed by atoms with Crippen LogP contribution in [-0.2, 0) is 37.9 Å². The predicted molar refractivity (Wildman–Crippen MR) is 123 cm³/mol. The Kier molecular flexibility index (Phi) is 6.85. The maximum Gasteiger partial charge on any atom is 0.223 e. The zero-order valence-electron chi connectivity index (χ0n) is 19.1. The Labute approximate surface area is 189 Å². The van der Waals surface area contributed by atoms with E-state index in [1.54, 1.807) is 0 Å². The molecule has 7 heteroatoms. The molecule has 2 aromatic heterocycles. The zero-order valence-corrected chi connectivity index (χ0v) is 19.1. The highest BCUT2D eigenvalue weighted by atomic mass is 16.5. The smallest absolute Gasteiger partial charge is 0.223 e. The lowest BCUT2D eigenvalue weighted by Crippen LogP contribution is -2.32. The summed E-state index contributed by atoms with van der Waals surface area (Å²) in [5, 5.41) is 7.41. The van der Waals surface area contributed by atoms with E-state index in [4.69, 9.17) is 4.74 Å². The molecule has 3 aromatic rings. The van der Waals surface area contributed by atoms with E-state index in [-0.39, 0.29) is 5.91 Å². The molecule has 0 bridgehead atoms. The molecule has 0 fully saturated rings. The highest BCUT2D eigenvalue weighted by Crippen LogP contribution is 2.25. The van der Waals surface area contributed by atoms with Crippen molar-refractivity contribution in [3.05, 3.63) is 76.4 Å². The van der Waals surface area contributed by atoms with Crippen molar-refractivity contribution in [2.45, 2.75) is 46.3 Å². The van der Waals surface area contributed by atoms with Crippen LogP contribution < -0.4 is 10.1 Å². The molecule has 0 saturated heterocycles. The van der Waals surface area contributed by atoms with E-state index < -0.39 is 0 Å². The van der Waals surface area contributed by atoms with Gasteiger partial charge in [0, 0.05) is 56.4 Å². The van der Waals surface area contributed by atoms with Gasteiger partial charge in [-0.25, -0.2) is 0 Å². The first-order valence-electron chi connectivity index (χ1n) is 11.1. The van der Waals surface area contributed by atoms with Crippen molar-refractivity contribution in [1.82, 2.24) is 25.0 Å². The van der Waals surface area contributed by atoms with E-state index >= 15 is 0 Å². The normalized spacial score (nSPS) is 13.6. The molecule has 1 aliphatic rings. The Hall–Kier alpha value is -3.19. The second kappa shape index (κ2) is 9.96. The number of para-hydroxylation sites is 1. The summed E-state index contributed by atoms with van der Waals surface area (Å²) < 4.78 is 7.55. The topological polar surface area (TPSA) is 72.3 Å². The van der Waals surface area contributed by atoms with Gasteiger partial charge in [-0.2, -0.15) is 5.10 Å². The van der Waals surface area contributed by atoms with Crippen LogP contribution in [0.5, 0.6) is 5.75 Å². The molecule has 0 atom stereocenters. The molecule has 4 rings (SSSR count). The summed E-state index contributed by atoms with van der Waals surface area (Å²) in [6, 6.07) is 9.56. The largest absolute Gasteiger partial charge is 0.493 e. The van der Waals surface area contributed by atoms with E-state index in [1.807, 2.05) is 61.4 Å². The number of hydrogen-bond donors (Lipinski definition) is 1. The quantitative estimate of drug-likeness (QED) is 0.591. The molecule has 0 saturated carbocycles. The summed E-state index contributed by atoms with van der Waals surface area (Å²) in [6.45, 7) is 7.74. The standard InChI is InChI=1S/C25H31N5O2/c1-18-24(15-27-25(31)10-12-32-22-7-5-4-6-8-22)23-9-11-30(17-21(23)13-26-18)16-20-14-28-29(3)19(20)2/h4-8,13-14H,9-12,15-17H2,1-3H3,(H,27,31). The summed E-state index contributed by atoms with van der Waals surface area (Å²) in [5.41, 5.74) is 7.19. The summed E-state index contributed by atoms with van der Waals surface area (Å²) in [6.07, 6.45) is 5.24. The zero-order chi connectivity index (χ0) is 22.5. The second-order valence-corrected chi connectivity index (χ2v) is 8.35. The molecular weight excluding hydrogens is 402 g/mol. The predicted octanol–water partition coefficient (Wildman–Crippen LogP) is 3.08. The molecule has 0 spiro atoms. The van der Waals surface area contributed by atoms with E-state index in [9.17, 15) is 4.79 Å². The monoisotopic (exact) mass is 433 g/mol. The van der Waals surface area contributed by atoms with Gasteiger partial charge in [0.05, 0.1) is 19.2 Å². The van der Waals surface area contributed by atoms with Crippen LogP contribution in [0, 0.1) is 13.8 Å². The first-order chi connectivity index (χ1) is 15.5.